The van der Waals surface area contributed by atoms with E-state index in [9.17, 15) is 17.6 Å². The molecule has 0 unspecified atom stereocenters. The van der Waals surface area contributed by atoms with Gasteiger partial charge in [0.15, 0.2) is 0 Å². The summed E-state index contributed by atoms with van der Waals surface area (Å²) in [6.07, 6.45) is 1.29. The third kappa shape index (κ3) is 5.97. The largest absolute Gasteiger partial charge is 0.395 e. The van der Waals surface area contributed by atoms with E-state index in [4.69, 9.17) is 0 Å². The second kappa shape index (κ2) is 9.74. The number of pyridine rings is 1. The van der Waals surface area contributed by atoms with E-state index in [2.05, 4.69) is 11.6 Å². The minimum atomic E-state index is -4.18. The average Bonchev–Trinajstić information content (AvgIpc) is 2.72. The molecule has 0 spiro atoms. The first kappa shape index (κ1) is 24.4. The van der Waals surface area contributed by atoms with E-state index in [-0.39, 0.29) is 12.4 Å². The van der Waals surface area contributed by atoms with Crippen molar-refractivity contribution < 1.29 is 17.6 Å². The van der Waals surface area contributed by atoms with Crippen molar-refractivity contribution in [1.82, 2.24) is 9.88 Å². The van der Waals surface area contributed by atoms with Gasteiger partial charge in [0.2, 0.25) is 0 Å². The van der Waals surface area contributed by atoms with Crippen LogP contribution in [0.15, 0.2) is 43.1 Å². The Bertz CT molecular complexity index is 924. The Kier molecular flexibility index (Phi) is 7.43. The lowest BCUT2D eigenvalue weighted by Crippen LogP contribution is -2.46. The normalized spacial score (nSPS) is 16.3. The molecule has 1 aromatic heterocycles. The van der Waals surface area contributed by atoms with E-state index >= 15 is 0 Å². The Labute approximate surface area is 188 Å². The van der Waals surface area contributed by atoms with Gasteiger partial charge in [-0.2, -0.15) is 13.2 Å². The molecule has 2 aromatic rings. The lowest BCUT2D eigenvalue weighted by Gasteiger charge is -2.38. The predicted octanol–water partition coefficient (Wildman–Crippen LogP) is 7.15. The van der Waals surface area contributed by atoms with Crippen molar-refractivity contribution in [3.8, 4) is 11.3 Å². The van der Waals surface area contributed by atoms with Gasteiger partial charge in [0.1, 0.15) is 5.82 Å². The first-order valence-electron chi connectivity index (χ1n) is 11.2. The maximum atomic E-state index is 14.4. The molecule has 3 rings (SSSR count). The second-order valence-electron chi connectivity index (χ2n) is 9.67. The van der Waals surface area contributed by atoms with Crippen LogP contribution in [0.2, 0.25) is 0 Å². The molecule has 0 saturated carbocycles. The lowest BCUT2D eigenvalue weighted by atomic mass is 9.87. The van der Waals surface area contributed by atoms with Gasteiger partial charge in [-0.25, -0.2) is 4.39 Å². The Morgan fingerprint density at radius 3 is 2.34 bits per heavy atom. The highest BCUT2D eigenvalue weighted by Crippen LogP contribution is 2.39. The van der Waals surface area contributed by atoms with Crippen molar-refractivity contribution >= 4 is 5.57 Å². The van der Waals surface area contributed by atoms with Crippen molar-refractivity contribution in [3.05, 3.63) is 60.1 Å². The van der Waals surface area contributed by atoms with E-state index in [1.54, 1.807) is 12.3 Å². The molecule has 1 saturated heterocycles. The van der Waals surface area contributed by atoms with Crippen LogP contribution in [0, 0.1) is 17.2 Å². The first-order valence-corrected chi connectivity index (χ1v) is 11.2. The van der Waals surface area contributed by atoms with E-state index in [0.717, 1.165) is 42.4 Å². The van der Waals surface area contributed by atoms with Crippen molar-refractivity contribution in [2.45, 2.75) is 52.6 Å². The molecular formula is C26H32F4N2. The van der Waals surface area contributed by atoms with E-state index in [1.165, 1.54) is 19.9 Å². The molecule has 0 amide bonds. The number of nitrogens with zero attached hydrogens (tertiary/aromatic N) is 2. The number of hydrogen-bond donors (Lipinski definition) is 0. The van der Waals surface area contributed by atoms with Crippen molar-refractivity contribution in [2.75, 3.05) is 19.6 Å². The molecule has 0 N–H and O–H groups in total. The molecule has 6 heteroatoms. The number of alkyl halides is 3. The van der Waals surface area contributed by atoms with Gasteiger partial charge in [0, 0.05) is 18.3 Å². The third-order valence-corrected chi connectivity index (χ3v) is 6.50. The molecule has 1 aliphatic rings. The number of benzene rings is 1. The molecule has 1 fully saturated rings. The molecule has 0 atom stereocenters. The molecule has 0 radical (unpaired) electrons. The standard InChI is InChI=1S/C26H32F4N2/c1-18(2)21-8-9-22(23(27)15-21)24-10-7-20(16-31-24)6-5-19-11-13-32(14-12-19)17-25(3,4)26(28,29)30/h7-10,15-16,19H,1,5-6,11-14,17H2,2-4H3. The van der Waals surface area contributed by atoms with Gasteiger partial charge in [0.25, 0.3) is 0 Å². The maximum absolute atomic E-state index is 14.4. The van der Waals surface area contributed by atoms with Crippen LogP contribution in [0.25, 0.3) is 16.8 Å². The Hall–Kier alpha value is -2.21. The number of allylic oxidation sites excluding steroid dienone is 1. The monoisotopic (exact) mass is 448 g/mol. The predicted molar refractivity (Wildman–Crippen MR) is 122 cm³/mol. The maximum Gasteiger partial charge on any atom is 0.395 e. The summed E-state index contributed by atoms with van der Waals surface area (Å²) < 4.78 is 53.8. The van der Waals surface area contributed by atoms with Crippen LogP contribution in [0.5, 0.6) is 0 Å². The molecular weight excluding hydrogens is 416 g/mol. The smallest absolute Gasteiger partial charge is 0.302 e. The van der Waals surface area contributed by atoms with E-state index < -0.39 is 11.6 Å². The summed E-state index contributed by atoms with van der Waals surface area (Å²) in [5.74, 6) is 0.193. The highest BCUT2D eigenvalue weighted by molar-refractivity contribution is 5.67. The van der Waals surface area contributed by atoms with Gasteiger partial charge in [-0.05, 0) is 94.8 Å². The minimum Gasteiger partial charge on any atom is -0.302 e. The zero-order chi connectivity index (χ0) is 23.5. The van der Waals surface area contributed by atoms with E-state index in [0.29, 0.717) is 30.3 Å². The minimum absolute atomic E-state index is 0.0541. The van der Waals surface area contributed by atoms with Crippen LogP contribution in [-0.4, -0.2) is 35.7 Å². The Balaban J connectivity index is 1.50. The highest BCUT2D eigenvalue weighted by atomic mass is 19.4. The summed E-state index contributed by atoms with van der Waals surface area (Å²) >= 11 is 0. The quantitative estimate of drug-likeness (QED) is 0.418. The van der Waals surface area contributed by atoms with E-state index in [1.807, 2.05) is 30.0 Å². The summed E-state index contributed by atoms with van der Waals surface area (Å²) in [5.41, 5.74) is 2.06. The average molecular weight is 449 g/mol. The van der Waals surface area contributed by atoms with Gasteiger partial charge in [-0.15, -0.1) is 0 Å². The van der Waals surface area contributed by atoms with Crippen molar-refractivity contribution in [2.24, 2.45) is 11.3 Å². The Morgan fingerprint density at radius 1 is 1.12 bits per heavy atom. The van der Waals surface area contributed by atoms with Crippen LogP contribution in [0.1, 0.15) is 51.2 Å². The molecule has 2 heterocycles. The van der Waals surface area contributed by atoms with Crippen LogP contribution >= 0.6 is 0 Å². The molecule has 0 aliphatic carbocycles. The molecule has 1 aromatic carbocycles. The zero-order valence-corrected chi connectivity index (χ0v) is 19.1. The number of likely N-dealkylation sites (tertiary alicyclic amines) is 1. The number of rotatable bonds is 7. The fourth-order valence-corrected chi connectivity index (χ4v) is 4.17. The van der Waals surface area contributed by atoms with Gasteiger partial charge < -0.3 is 4.90 Å². The topological polar surface area (TPSA) is 16.1 Å². The number of aryl methyl sites for hydroxylation is 1. The summed E-state index contributed by atoms with van der Waals surface area (Å²) in [6, 6.07) is 8.88. The number of aromatic nitrogens is 1. The second-order valence-corrected chi connectivity index (χ2v) is 9.67. The van der Waals surface area contributed by atoms with Crippen molar-refractivity contribution in [3.63, 3.8) is 0 Å². The molecule has 32 heavy (non-hydrogen) atoms. The summed E-state index contributed by atoms with van der Waals surface area (Å²) in [5, 5.41) is 0. The van der Waals surface area contributed by atoms with Crippen LogP contribution in [-0.2, 0) is 6.42 Å². The first-order chi connectivity index (χ1) is 15.0. The number of piperidine rings is 1. The SMILES string of the molecule is C=C(C)c1ccc(-c2ccc(CCC3CCN(CC(C)(C)C(F)(F)F)CC3)cn2)c(F)c1. The fourth-order valence-electron chi connectivity index (χ4n) is 4.17. The van der Waals surface area contributed by atoms with Crippen molar-refractivity contribution in [1.29, 1.82) is 0 Å². The Morgan fingerprint density at radius 2 is 1.81 bits per heavy atom. The van der Waals surface area contributed by atoms with Gasteiger partial charge >= 0.3 is 6.18 Å². The van der Waals surface area contributed by atoms with Gasteiger partial charge in [-0.3, -0.25) is 4.98 Å². The lowest BCUT2D eigenvalue weighted by molar-refractivity contribution is -0.217. The molecule has 0 bridgehead atoms. The molecule has 2 nitrogen and oxygen atoms in total. The summed E-state index contributed by atoms with van der Waals surface area (Å²) in [4.78, 5) is 6.38. The van der Waals surface area contributed by atoms with Gasteiger partial charge in [0.05, 0.1) is 11.1 Å². The highest BCUT2D eigenvalue weighted by Gasteiger charge is 2.48. The number of halogens is 4. The van der Waals surface area contributed by atoms with Crippen LogP contribution in [0.4, 0.5) is 17.6 Å². The zero-order valence-electron chi connectivity index (χ0n) is 19.1. The van der Waals surface area contributed by atoms with Crippen LogP contribution in [0.3, 0.4) is 0 Å². The summed E-state index contributed by atoms with van der Waals surface area (Å²) in [7, 11) is 0. The molecule has 174 valence electrons. The third-order valence-electron chi connectivity index (χ3n) is 6.50. The van der Waals surface area contributed by atoms with Crippen LogP contribution < -0.4 is 0 Å². The fraction of sp³-hybridized carbons (Fsp3) is 0.500. The molecule has 1 aliphatic heterocycles. The summed E-state index contributed by atoms with van der Waals surface area (Å²) in [6.45, 7) is 9.70. The van der Waals surface area contributed by atoms with Gasteiger partial charge in [-0.1, -0.05) is 24.3 Å². The number of hydrogen-bond acceptors (Lipinski definition) is 2.